The molecule has 4 rings (SSSR count). The number of nitrogens with one attached hydrogen (secondary N) is 1. The first-order valence-electron chi connectivity index (χ1n) is 10.1. The van der Waals surface area contributed by atoms with Gasteiger partial charge < -0.3 is 10.1 Å². The van der Waals surface area contributed by atoms with Gasteiger partial charge in [0.1, 0.15) is 18.1 Å². The maximum atomic E-state index is 14.5. The normalized spacial score (nSPS) is 13.5. The van der Waals surface area contributed by atoms with Crippen LogP contribution in [-0.4, -0.2) is 28.2 Å². The van der Waals surface area contributed by atoms with E-state index in [1.54, 1.807) is 44.2 Å². The maximum Gasteiger partial charge on any atom is 0.267 e. The number of aryl methyl sites for hydroxylation is 1. The summed E-state index contributed by atoms with van der Waals surface area (Å²) in [7, 11) is 0. The molecule has 0 unspecified atom stereocenters. The maximum absolute atomic E-state index is 14.5. The molecule has 1 N–H and O–H groups in total. The average Bonchev–Trinajstić information content (AvgIpc) is 3.02. The van der Waals surface area contributed by atoms with Crippen LogP contribution in [0.3, 0.4) is 0 Å². The van der Waals surface area contributed by atoms with Gasteiger partial charge in [-0.25, -0.2) is 13.2 Å². The number of benzene rings is 2. The van der Waals surface area contributed by atoms with Crippen LogP contribution < -0.4 is 10.1 Å². The predicted octanol–water partition coefficient (Wildman–Crippen LogP) is 5.43. The summed E-state index contributed by atoms with van der Waals surface area (Å²) in [6, 6.07) is 10.9. The zero-order chi connectivity index (χ0) is 22.2. The Bertz CT molecular complexity index is 1120. The fraction of sp³-hybridized carbons (Fsp3) is 0.304. The van der Waals surface area contributed by atoms with Crippen LogP contribution in [0.2, 0.25) is 0 Å². The van der Waals surface area contributed by atoms with Crippen LogP contribution in [0.25, 0.3) is 22.4 Å². The van der Waals surface area contributed by atoms with Crippen LogP contribution in [0.4, 0.5) is 18.9 Å². The minimum Gasteiger partial charge on any atom is -0.482 e. The molecule has 1 amide bonds. The number of nitrogens with zero attached hydrogens (tertiary/aromatic N) is 2. The van der Waals surface area contributed by atoms with Crippen molar-refractivity contribution in [3.8, 4) is 28.1 Å². The molecule has 0 saturated carbocycles. The standard InChI is InChI=1S/C23H22F3N3O2/c1-3-10-23(25,26)13-29-22(15-4-7-17(24)8-5-15)21(14(2)28-29)16-6-9-19-18(11-16)27-20(30)12-31-19/h4-9,11H,3,10,12-13H2,1-2H3,(H,27,30). The molecule has 3 aromatic rings. The third-order valence-electron chi connectivity index (χ3n) is 5.14. The Morgan fingerprint density at radius 1 is 1.16 bits per heavy atom. The van der Waals surface area contributed by atoms with Gasteiger partial charge in [0.05, 0.1) is 17.1 Å². The molecule has 0 bridgehead atoms. The average molecular weight is 429 g/mol. The van der Waals surface area contributed by atoms with E-state index in [-0.39, 0.29) is 18.9 Å². The first kappa shape index (κ1) is 21.0. The van der Waals surface area contributed by atoms with Crippen molar-refractivity contribution in [1.82, 2.24) is 9.78 Å². The van der Waals surface area contributed by atoms with Gasteiger partial charge >= 0.3 is 0 Å². The van der Waals surface area contributed by atoms with Gasteiger partial charge in [-0.2, -0.15) is 5.10 Å². The zero-order valence-electron chi connectivity index (χ0n) is 17.2. The summed E-state index contributed by atoms with van der Waals surface area (Å²) in [5.41, 5.74) is 3.42. The largest absolute Gasteiger partial charge is 0.482 e. The van der Waals surface area contributed by atoms with E-state index in [0.717, 1.165) is 0 Å². The lowest BCUT2D eigenvalue weighted by atomic mass is 9.98. The van der Waals surface area contributed by atoms with Gasteiger partial charge in [-0.3, -0.25) is 9.48 Å². The number of carbonyl (C=O) groups excluding carboxylic acids is 1. The van der Waals surface area contributed by atoms with Crippen molar-refractivity contribution in [1.29, 1.82) is 0 Å². The van der Waals surface area contributed by atoms with Crippen LogP contribution in [0.5, 0.6) is 5.75 Å². The molecule has 2 aromatic carbocycles. The number of fused-ring (bicyclic) bond motifs is 1. The molecule has 31 heavy (non-hydrogen) atoms. The summed E-state index contributed by atoms with van der Waals surface area (Å²) in [6.07, 6.45) is 0.0861. The van der Waals surface area contributed by atoms with Crippen molar-refractivity contribution in [2.45, 2.75) is 39.2 Å². The molecule has 0 radical (unpaired) electrons. The van der Waals surface area contributed by atoms with E-state index in [4.69, 9.17) is 4.74 Å². The van der Waals surface area contributed by atoms with Crippen LogP contribution in [0.1, 0.15) is 25.5 Å². The van der Waals surface area contributed by atoms with E-state index in [2.05, 4.69) is 10.4 Å². The molecule has 1 aliphatic rings. The summed E-state index contributed by atoms with van der Waals surface area (Å²) >= 11 is 0. The SMILES string of the molecule is CCCC(F)(F)Cn1nc(C)c(-c2ccc3c(c2)NC(=O)CO3)c1-c1ccc(F)cc1. The molecule has 0 atom stereocenters. The van der Waals surface area contributed by atoms with Gasteiger partial charge in [0.2, 0.25) is 0 Å². The van der Waals surface area contributed by atoms with Crippen LogP contribution in [0.15, 0.2) is 42.5 Å². The Balaban J connectivity index is 1.87. The fourth-order valence-corrected chi connectivity index (χ4v) is 3.85. The number of alkyl halides is 2. The van der Waals surface area contributed by atoms with E-state index >= 15 is 0 Å². The number of hydrogen-bond acceptors (Lipinski definition) is 3. The van der Waals surface area contributed by atoms with Gasteiger partial charge in [0, 0.05) is 17.5 Å². The molecule has 1 aromatic heterocycles. The first-order chi connectivity index (χ1) is 14.8. The summed E-state index contributed by atoms with van der Waals surface area (Å²) in [6.45, 7) is 2.80. The van der Waals surface area contributed by atoms with Crippen molar-refractivity contribution in [3.63, 3.8) is 0 Å². The second-order valence-corrected chi connectivity index (χ2v) is 7.63. The lowest BCUT2D eigenvalue weighted by molar-refractivity contribution is -0.118. The Morgan fingerprint density at radius 2 is 1.87 bits per heavy atom. The first-order valence-corrected chi connectivity index (χ1v) is 10.1. The Kier molecular flexibility index (Phi) is 5.47. The van der Waals surface area contributed by atoms with Crippen molar-refractivity contribution < 1.29 is 22.7 Å². The molecule has 162 valence electrons. The number of ether oxygens (including phenoxy) is 1. The monoisotopic (exact) mass is 429 g/mol. The lowest BCUT2D eigenvalue weighted by Gasteiger charge is -2.20. The number of rotatable bonds is 6. The minimum atomic E-state index is -2.93. The van der Waals surface area contributed by atoms with E-state index in [1.807, 2.05) is 0 Å². The number of carbonyl (C=O) groups is 1. The van der Waals surface area contributed by atoms with Gasteiger partial charge in [-0.1, -0.05) is 19.4 Å². The third kappa shape index (κ3) is 4.28. The number of amides is 1. The Hall–Kier alpha value is -3.29. The van der Waals surface area contributed by atoms with Gasteiger partial charge in [0.25, 0.3) is 11.8 Å². The van der Waals surface area contributed by atoms with Crippen molar-refractivity contribution >= 4 is 11.6 Å². The molecule has 2 heterocycles. The fourth-order valence-electron chi connectivity index (χ4n) is 3.85. The summed E-state index contributed by atoms with van der Waals surface area (Å²) in [4.78, 5) is 11.7. The van der Waals surface area contributed by atoms with Crippen molar-refractivity contribution in [2.24, 2.45) is 0 Å². The number of anilines is 1. The molecular formula is C23H22F3N3O2. The Labute approximate surface area is 177 Å². The third-order valence-corrected chi connectivity index (χ3v) is 5.14. The van der Waals surface area contributed by atoms with Crippen molar-refractivity contribution in [3.05, 3.63) is 54.0 Å². The number of hydrogen-bond donors (Lipinski definition) is 1. The summed E-state index contributed by atoms with van der Waals surface area (Å²) in [5, 5.41) is 7.16. The highest BCUT2D eigenvalue weighted by molar-refractivity contribution is 5.97. The highest BCUT2D eigenvalue weighted by Gasteiger charge is 2.31. The zero-order valence-corrected chi connectivity index (χ0v) is 17.2. The number of halogens is 3. The molecule has 8 heteroatoms. The minimum absolute atomic E-state index is 0.0589. The molecule has 0 saturated heterocycles. The lowest BCUT2D eigenvalue weighted by Crippen LogP contribution is -2.25. The Morgan fingerprint density at radius 3 is 2.58 bits per heavy atom. The molecule has 0 fully saturated rings. The quantitative estimate of drug-likeness (QED) is 0.568. The van der Waals surface area contributed by atoms with Gasteiger partial charge in [0.15, 0.2) is 6.61 Å². The van der Waals surface area contributed by atoms with Crippen LogP contribution in [-0.2, 0) is 11.3 Å². The summed E-state index contributed by atoms with van der Waals surface area (Å²) < 4.78 is 49.2. The highest BCUT2D eigenvalue weighted by Crippen LogP contribution is 2.40. The molecule has 0 spiro atoms. The smallest absolute Gasteiger partial charge is 0.267 e. The predicted molar refractivity (Wildman–Crippen MR) is 112 cm³/mol. The van der Waals surface area contributed by atoms with Crippen LogP contribution >= 0.6 is 0 Å². The molecule has 0 aliphatic carbocycles. The molecule has 1 aliphatic heterocycles. The second kappa shape index (κ2) is 8.09. The van der Waals surface area contributed by atoms with E-state index in [1.165, 1.54) is 16.8 Å². The molecular weight excluding hydrogens is 407 g/mol. The van der Waals surface area contributed by atoms with E-state index < -0.39 is 18.3 Å². The molecule has 5 nitrogen and oxygen atoms in total. The second-order valence-electron chi connectivity index (χ2n) is 7.63. The summed E-state index contributed by atoms with van der Waals surface area (Å²) in [5.74, 6) is -3.09. The van der Waals surface area contributed by atoms with Gasteiger partial charge in [-0.05, 0) is 48.9 Å². The van der Waals surface area contributed by atoms with E-state index in [9.17, 15) is 18.0 Å². The van der Waals surface area contributed by atoms with E-state index in [0.29, 0.717) is 45.9 Å². The number of aromatic nitrogens is 2. The van der Waals surface area contributed by atoms with Crippen LogP contribution in [0, 0.1) is 12.7 Å². The highest BCUT2D eigenvalue weighted by atomic mass is 19.3. The topological polar surface area (TPSA) is 56.2 Å². The van der Waals surface area contributed by atoms with Gasteiger partial charge in [-0.15, -0.1) is 0 Å². The van der Waals surface area contributed by atoms with Crippen molar-refractivity contribution in [2.75, 3.05) is 11.9 Å².